The molecule has 2 saturated heterocycles. The van der Waals surface area contributed by atoms with Gasteiger partial charge in [0.2, 0.25) is 5.91 Å². The number of nitrogens with zero attached hydrogens (tertiary/aromatic N) is 3. The molecule has 2 rings (SSSR count). The zero-order valence-corrected chi connectivity index (χ0v) is 13.5. The Morgan fingerprint density at radius 1 is 1.20 bits per heavy atom. The van der Waals surface area contributed by atoms with Crippen LogP contribution in [0.1, 0.15) is 33.1 Å². The molecule has 0 aromatic rings. The maximum Gasteiger partial charge on any atom is 0.225 e. The summed E-state index contributed by atoms with van der Waals surface area (Å²) in [6.07, 6.45) is 3.41. The molecule has 2 aliphatic heterocycles. The van der Waals surface area contributed by atoms with Gasteiger partial charge in [-0.2, -0.15) is 0 Å². The van der Waals surface area contributed by atoms with Crippen LogP contribution in [0.5, 0.6) is 0 Å². The molecule has 0 saturated carbocycles. The van der Waals surface area contributed by atoms with E-state index in [1.54, 1.807) is 0 Å². The number of amides is 1. The molecule has 0 bridgehead atoms. The standard InChI is InChI=1S/C16H31N3O/c1-4-5-6-14(2)16(20)19-12-15(13-19)11-18-9-7-17(3)8-10-18/h14-15H,4-13H2,1-3H3/t14-/m1/s1. The van der Waals surface area contributed by atoms with Crippen molar-refractivity contribution in [3.63, 3.8) is 0 Å². The van der Waals surface area contributed by atoms with E-state index in [1.165, 1.54) is 45.6 Å². The molecule has 2 aliphatic rings. The summed E-state index contributed by atoms with van der Waals surface area (Å²) in [4.78, 5) is 19.2. The first kappa shape index (κ1) is 15.8. The second-order valence-electron chi connectivity index (χ2n) is 6.76. The lowest BCUT2D eigenvalue weighted by Gasteiger charge is -2.44. The Morgan fingerprint density at radius 3 is 2.45 bits per heavy atom. The lowest BCUT2D eigenvalue weighted by molar-refractivity contribution is -0.142. The minimum atomic E-state index is 0.222. The minimum absolute atomic E-state index is 0.222. The molecule has 0 N–H and O–H groups in total. The fourth-order valence-electron chi connectivity index (χ4n) is 3.21. The molecule has 0 radical (unpaired) electrons. The van der Waals surface area contributed by atoms with Crippen molar-refractivity contribution in [2.24, 2.45) is 11.8 Å². The van der Waals surface area contributed by atoms with Crippen molar-refractivity contribution in [2.45, 2.75) is 33.1 Å². The van der Waals surface area contributed by atoms with E-state index in [0.29, 0.717) is 11.8 Å². The summed E-state index contributed by atoms with van der Waals surface area (Å²) >= 11 is 0. The van der Waals surface area contributed by atoms with Crippen LogP contribution in [-0.2, 0) is 4.79 Å². The Balaban J connectivity index is 1.63. The van der Waals surface area contributed by atoms with Gasteiger partial charge in [0.25, 0.3) is 0 Å². The second kappa shape index (κ2) is 7.41. The predicted octanol–water partition coefficient (Wildman–Crippen LogP) is 1.52. The highest BCUT2D eigenvalue weighted by Gasteiger charge is 2.33. The van der Waals surface area contributed by atoms with Crippen molar-refractivity contribution in [3.05, 3.63) is 0 Å². The van der Waals surface area contributed by atoms with Crippen molar-refractivity contribution in [1.82, 2.24) is 14.7 Å². The van der Waals surface area contributed by atoms with Gasteiger partial charge in [-0.3, -0.25) is 4.79 Å². The number of carbonyl (C=O) groups excluding carboxylic acids is 1. The largest absolute Gasteiger partial charge is 0.342 e. The average Bonchev–Trinajstić information content (AvgIpc) is 2.41. The molecule has 0 spiro atoms. The Kier molecular flexibility index (Phi) is 5.85. The maximum absolute atomic E-state index is 12.2. The highest BCUT2D eigenvalue weighted by atomic mass is 16.2. The van der Waals surface area contributed by atoms with Crippen LogP contribution in [0.15, 0.2) is 0 Å². The highest BCUT2D eigenvalue weighted by Crippen LogP contribution is 2.21. The average molecular weight is 281 g/mol. The summed E-state index contributed by atoms with van der Waals surface area (Å²) in [5.41, 5.74) is 0. The van der Waals surface area contributed by atoms with Gasteiger partial charge in [0.05, 0.1) is 0 Å². The van der Waals surface area contributed by atoms with Crippen molar-refractivity contribution in [3.8, 4) is 0 Å². The fourth-order valence-corrected chi connectivity index (χ4v) is 3.21. The van der Waals surface area contributed by atoms with Crippen LogP contribution >= 0.6 is 0 Å². The quantitative estimate of drug-likeness (QED) is 0.738. The van der Waals surface area contributed by atoms with Gasteiger partial charge in [-0.25, -0.2) is 0 Å². The zero-order valence-electron chi connectivity index (χ0n) is 13.5. The molecule has 0 aliphatic carbocycles. The van der Waals surface area contributed by atoms with Crippen LogP contribution in [0, 0.1) is 11.8 Å². The van der Waals surface area contributed by atoms with E-state index in [2.05, 4.69) is 35.6 Å². The Morgan fingerprint density at radius 2 is 1.85 bits per heavy atom. The molecule has 20 heavy (non-hydrogen) atoms. The van der Waals surface area contributed by atoms with Gasteiger partial charge in [0.15, 0.2) is 0 Å². The molecule has 2 fully saturated rings. The zero-order chi connectivity index (χ0) is 14.5. The normalized spacial score (nSPS) is 23.6. The molecule has 2 heterocycles. The number of piperazine rings is 1. The van der Waals surface area contributed by atoms with Gasteiger partial charge >= 0.3 is 0 Å². The third-order valence-electron chi connectivity index (χ3n) is 4.79. The van der Waals surface area contributed by atoms with E-state index in [1.807, 2.05) is 0 Å². The van der Waals surface area contributed by atoms with Gasteiger partial charge in [-0.15, -0.1) is 0 Å². The molecular weight excluding hydrogens is 250 g/mol. The topological polar surface area (TPSA) is 26.8 Å². The van der Waals surface area contributed by atoms with Crippen LogP contribution in [0.2, 0.25) is 0 Å². The minimum Gasteiger partial charge on any atom is -0.342 e. The first-order valence-corrected chi connectivity index (χ1v) is 8.29. The Bertz CT molecular complexity index is 307. The molecule has 4 heteroatoms. The molecule has 1 atom stereocenters. The van der Waals surface area contributed by atoms with E-state index in [9.17, 15) is 4.79 Å². The first-order valence-electron chi connectivity index (χ1n) is 8.29. The van der Waals surface area contributed by atoms with Crippen molar-refractivity contribution in [2.75, 3.05) is 52.9 Å². The van der Waals surface area contributed by atoms with Crippen LogP contribution in [0.4, 0.5) is 0 Å². The lowest BCUT2D eigenvalue weighted by Crippen LogP contribution is -2.56. The number of unbranched alkanes of at least 4 members (excludes halogenated alkanes) is 1. The predicted molar refractivity (Wildman–Crippen MR) is 82.7 cm³/mol. The Labute approximate surface area is 124 Å². The van der Waals surface area contributed by atoms with Crippen LogP contribution < -0.4 is 0 Å². The van der Waals surface area contributed by atoms with E-state index in [0.717, 1.165) is 19.5 Å². The van der Waals surface area contributed by atoms with Gasteiger partial charge in [0, 0.05) is 57.6 Å². The number of hydrogen-bond acceptors (Lipinski definition) is 3. The molecule has 0 unspecified atom stereocenters. The summed E-state index contributed by atoms with van der Waals surface area (Å²) in [6, 6.07) is 0. The lowest BCUT2D eigenvalue weighted by atomic mass is 9.95. The van der Waals surface area contributed by atoms with Crippen LogP contribution in [-0.4, -0.2) is 73.5 Å². The maximum atomic E-state index is 12.2. The van der Waals surface area contributed by atoms with Gasteiger partial charge in [-0.05, 0) is 13.5 Å². The van der Waals surface area contributed by atoms with Crippen LogP contribution in [0.3, 0.4) is 0 Å². The first-order chi connectivity index (χ1) is 9.60. The SMILES string of the molecule is CCCC[C@@H](C)C(=O)N1CC(CN2CCN(C)CC2)C1. The van der Waals surface area contributed by atoms with Crippen molar-refractivity contribution in [1.29, 1.82) is 0 Å². The summed E-state index contributed by atoms with van der Waals surface area (Å²) in [7, 11) is 2.19. The number of carbonyl (C=O) groups is 1. The number of hydrogen-bond donors (Lipinski definition) is 0. The van der Waals surface area contributed by atoms with E-state index in [-0.39, 0.29) is 5.92 Å². The summed E-state index contributed by atoms with van der Waals surface area (Å²) in [5, 5.41) is 0. The van der Waals surface area contributed by atoms with E-state index in [4.69, 9.17) is 0 Å². The molecule has 1 amide bonds. The van der Waals surface area contributed by atoms with E-state index >= 15 is 0 Å². The van der Waals surface area contributed by atoms with Gasteiger partial charge in [0.1, 0.15) is 0 Å². The summed E-state index contributed by atoms with van der Waals surface area (Å²) < 4.78 is 0. The molecule has 116 valence electrons. The third-order valence-corrected chi connectivity index (χ3v) is 4.79. The molecule has 4 nitrogen and oxygen atoms in total. The summed E-state index contributed by atoms with van der Waals surface area (Å²) in [5.74, 6) is 1.31. The summed E-state index contributed by atoms with van der Waals surface area (Å²) in [6.45, 7) is 12.2. The van der Waals surface area contributed by atoms with Gasteiger partial charge < -0.3 is 14.7 Å². The fraction of sp³-hybridized carbons (Fsp3) is 0.938. The van der Waals surface area contributed by atoms with Crippen LogP contribution in [0.25, 0.3) is 0 Å². The van der Waals surface area contributed by atoms with E-state index < -0.39 is 0 Å². The van der Waals surface area contributed by atoms with Crippen molar-refractivity contribution < 1.29 is 4.79 Å². The number of likely N-dealkylation sites (N-methyl/N-ethyl adjacent to an activating group) is 1. The second-order valence-corrected chi connectivity index (χ2v) is 6.76. The third kappa shape index (κ3) is 4.19. The molecule has 0 aromatic carbocycles. The smallest absolute Gasteiger partial charge is 0.225 e. The monoisotopic (exact) mass is 281 g/mol. The number of rotatable bonds is 6. The molecular formula is C16H31N3O. The van der Waals surface area contributed by atoms with Crippen molar-refractivity contribution >= 4 is 5.91 Å². The highest BCUT2D eigenvalue weighted by molar-refractivity contribution is 5.79. The molecule has 0 aromatic heterocycles. The van der Waals surface area contributed by atoms with Gasteiger partial charge in [-0.1, -0.05) is 26.7 Å². The Hall–Kier alpha value is -0.610. The number of likely N-dealkylation sites (tertiary alicyclic amines) is 1.